The molecule has 0 aromatic heterocycles. The monoisotopic (exact) mass is 546 g/mol. The van der Waals surface area contributed by atoms with Crippen molar-refractivity contribution in [1.82, 2.24) is 0 Å². The van der Waals surface area contributed by atoms with Crippen molar-refractivity contribution in [2.75, 3.05) is 26.4 Å². The Bertz CT molecular complexity index is 476. The molecule has 0 saturated heterocycles. The van der Waals surface area contributed by atoms with Crippen molar-refractivity contribution in [3.8, 4) is 0 Å². The first-order chi connectivity index (χ1) is 17.4. The average Bonchev–Trinajstić information content (AvgIpc) is 2.87. The first kappa shape index (κ1) is 35.9. The normalized spacial score (nSPS) is 14.2. The SMILES string of the molecule is CCCCCCCC(C(=O)C(CCCCCCC)[Si](CC)(OCC)OCC)[Si](CC)(OCC)OCC. The zero-order valence-corrected chi connectivity index (χ0v) is 27.4. The standard InChI is InChI=1S/C29H62O5Si2/c1-9-17-19-21-23-25-27(35(15-7,31-11-3)32-12-4)29(30)28(26-24-22-20-18-10-2)36(16-8,33-13-5)34-14-6/h27-28H,9-26H2,1-8H3. The van der Waals surface area contributed by atoms with Gasteiger partial charge in [-0.05, 0) is 52.6 Å². The fourth-order valence-corrected chi connectivity index (χ4v) is 13.1. The van der Waals surface area contributed by atoms with E-state index in [-0.39, 0.29) is 11.1 Å². The minimum absolute atomic E-state index is 0.163. The van der Waals surface area contributed by atoms with E-state index in [1.54, 1.807) is 0 Å². The van der Waals surface area contributed by atoms with Crippen LogP contribution in [0.4, 0.5) is 0 Å². The van der Waals surface area contributed by atoms with Crippen molar-refractivity contribution in [2.45, 2.75) is 156 Å². The lowest BCUT2D eigenvalue weighted by Gasteiger charge is -2.41. The van der Waals surface area contributed by atoms with E-state index in [0.717, 1.165) is 37.8 Å². The fourth-order valence-electron chi connectivity index (χ4n) is 5.67. The van der Waals surface area contributed by atoms with Gasteiger partial charge >= 0.3 is 17.1 Å². The largest absolute Gasteiger partial charge is 0.394 e. The number of unbranched alkanes of at least 4 members (excludes halogenated alkanes) is 8. The number of carbonyl (C=O) groups is 1. The molecule has 216 valence electrons. The summed E-state index contributed by atoms with van der Waals surface area (Å²) in [7, 11) is -5.46. The Labute approximate surface area is 227 Å². The minimum atomic E-state index is -2.73. The molecule has 5 nitrogen and oxygen atoms in total. The van der Waals surface area contributed by atoms with Crippen LogP contribution in [-0.2, 0) is 22.5 Å². The molecule has 2 unspecified atom stereocenters. The van der Waals surface area contributed by atoms with Crippen molar-refractivity contribution in [2.24, 2.45) is 0 Å². The zero-order chi connectivity index (χ0) is 27.3. The molecule has 7 heteroatoms. The topological polar surface area (TPSA) is 54.0 Å². The van der Waals surface area contributed by atoms with E-state index < -0.39 is 17.1 Å². The molecule has 0 aromatic carbocycles. The van der Waals surface area contributed by atoms with Gasteiger partial charge in [-0.15, -0.1) is 0 Å². The molecule has 0 aliphatic carbocycles. The van der Waals surface area contributed by atoms with Gasteiger partial charge in [-0.2, -0.15) is 0 Å². The highest BCUT2D eigenvalue weighted by Crippen LogP contribution is 2.43. The van der Waals surface area contributed by atoms with Gasteiger partial charge in [0.2, 0.25) is 0 Å². The molecular formula is C29H62O5Si2. The van der Waals surface area contributed by atoms with Crippen LogP contribution in [0.3, 0.4) is 0 Å². The molecule has 36 heavy (non-hydrogen) atoms. The number of carbonyl (C=O) groups excluding carboxylic acids is 1. The van der Waals surface area contributed by atoms with Gasteiger partial charge in [0.1, 0.15) is 5.78 Å². The molecule has 0 aliphatic rings. The number of ketones is 1. The smallest absolute Gasteiger partial charge is 0.348 e. The third-order valence-corrected chi connectivity index (χ3v) is 15.8. The Morgan fingerprint density at radius 3 is 1.06 bits per heavy atom. The summed E-state index contributed by atoms with van der Waals surface area (Å²) in [5, 5.41) is 0. The van der Waals surface area contributed by atoms with Crippen LogP contribution >= 0.6 is 0 Å². The van der Waals surface area contributed by atoms with Gasteiger partial charge in [0.05, 0.1) is 11.1 Å². The lowest BCUT2D eigenvalue weighted by molar-refractivity contribution is -0.121. The van der Waals surface area contributed by atoms with Gasteiger partial charge in [0.25, 0.3) is 0 Å². The van der Waals surface area contributed by atoms with Crippen molar-refractivity contribution < 1.29 is 22.5 Å². The van der Waals surface area contributed by atoms with Gasteiger partial charge in [0.15, 0.2) is 0 Å². The van der Waals surface area contributed by atoms with Gasteiger partial charge in [-0.3, -0.25) is 4.79 Å². The van der Waals surface area contributed by atoms with Crippen molar-refractivity contribution >= 4 is 22.9 Å². The number of rotatable bonds is 26. The molecule has 2 atom stereocenters. The van der Waals surface area contributed by atoms with Gasteiger partial charge in [-0.1, -0.05) is 91.9 Å². The van der Waals surface area contributed by atoms with E-state index in [1.807, 2.05) is 27.7 Å². The van der Waals surface area contributed by atoms with Crippen LogP contribution in [0.25, 0.3) is 0 Å². The van der Waals surface area contributed by atoms with Gasteiger partial charge in [0, 0.05) is 26.4 Å². The summed E-state index contributed by atoms with van der Waals surface area (Å²) in [6.07, 6.45) is 13.6. The van der Waals surface area contributed by atoms with Crippen LogP contribution in [0.15, 0.2) is 0 Å². The number of Topliss-reactive ketones (excluding diaryl/α,β-unsaturated/α-hetero) is 1. The van der Waals surface area contributed by atoms with E-state index in [9.17, 15) is 4.79 Å². The highest BCUT2D eigenvalue weighted by Gasteiger charge is 2.55. The number of hydrogen-bond donors (Lipinski definition) is 0. The average molecular weight is 547 g/mol. The Hall–Kier alpha value is -0.0562. The second kappa shape index (κ2) is 21.8. The molecule has 0 bridgehead atoms. The summed E-state index contributed by atoms with van der Waals surface area (Å²) in [6, 6.07) is 1.60. The first-order valence-corrected chi connectivity index (χ1v) is 19.7. The van der Waals surface area contributed by atoms with Gasteiger partial charge in [-0.25, -0.2) is 0 Å². The molecule has 0 amide bonds. The van der Waals surface area contributed by atoms with Crippen LogP contribution in [0.5, 0.6) is 0 Å². The fraction of sp³-hybridized carbons (Fsp3) is 0.966. The zero-order valence-electron chi connectivity index (χ0n) is 25.4. The molecule has 0 aromatic rings. The summed E-state index contributed by atoms with van der Waals surface area (Å²) in [5.41, 5.74) is -0.326. The van der Waals surface area contributed by atoms with E-state index in [0.29, 0.717) is 32.2 Å². The summed E-state index contributed by atoms with van der Waals surface area (Å²) in [4.78, 5) is 14.7. The molecular weight excluding hydrogens is 484 g/mol. The summed E-state index contributed by atoms with van der Waals surface area (Å²) in [5.74, 6) is 0.326. The third-order valence-electron chi connectivity index (χ3n) is 7.48. The van der Waals surface area contributed by atoms with Crippen LogP contribution in [0.2, 0.25) is 23.2 Å². The lowest BCUT2D eigenvalue weighted by Crippen LogP contribution is -2.55. The van der Waals surface area contributed by atoms with Crippen molar-refractivity contribution in [3.63, 3.8) is 0 Å². The minimum Gasteiger partial charge on any atom is -0.394 e. The maximum atomic E-state index is 14.7. The molecule has 0 N–H and O–H groups in total. The maximum Gasteiger partial charge on any atom is 0.348 e. The van der Waals surface area contributed by atoms with Crippen LogP contribution in [0, 0.1) is 0 Å². The van der Waals surface area contributed by atoms with Crippen LogP contribution in [-0.4, -0.2) is 49.3 Å². The molecule has 0 spiro atoms. The molecule has 0 heterocycles. The van der Waals surface area contributed by atoms with Crippen LogP contribution in [0.1, 0.15) is 132 Å². The predicted molar refractivity (Wildman–Crippen MR) is 158 cm³/mol. The summed E-state index contributed by atoms with van der Waals surface area (Å²) < 4.78 is 25.9. The highest BCUT2D eigenvalue weighted by atomic mass is 28.4. The highest BCUT2D eigenvalue weighted by molar-refractivity contribution is 6.77. The Kier molecular flexibility index (Phi) is 21.8. The third kappa shape index (κ3) is 11.8. The maximum absolute atomic E-state index is 14.7. The molecule has 0 aliphatic heterocycles. The molecule has 0 fully saturated rings. The first-order valence-electron chi connectivity index (χ1n) is 15.5. The van der Waals surface area contributed by atoms with E-state index in [1.165, 1.54) is 51.4 Å². The van der Waals surface area contributed by atoms with E-state index in [4.69, 9.17) is 17.7 Å². The predicted octanol–water partition coefficient (Wildman–Crippen LogP) is 9.09. The summed E-state index contributed by atoms with van der Waals surface area (Å²) in [6.45, 7) is 19.3. The van der Waals surface area contributed by atoms with Crippen molar-refractivity contribution in [1.29, 1.82) is 0 Å². The summed E-state index contributed by atoms with van der Waals surface area (Å²) >= 11 is 0. The second-order valence-electron chi connectivity index (χ2n) is 9.98. The molecule has 0 saturated carbocycles. The van der Waals surface area contributed by atoms with Gasteiger partial charge < -0.3 is 17.7 Å². The Morgan fingerprint density at radius 2 is 0.806 bits per heavy atom. The van der Waals surface area contributed by atoms with Crippen molar-refractivity contribution in [3.05, 3.63) is 0 Å². The second-order valence-corrected chi connectivity index (χ2v) is 17.2. The molecule has 0 rings (SSSR count). The molecule has 0 radical (unpaired) electrons. The number of hydrogen-bond acceptors (Lipinski definition) is 5. The van der Waals surface area contributed by atoms with E-state index in [2.05, 4.69) is 27.7 Å². The lowest BCUT2D eigenvalue weighted by atomic mass is 10.0. The van der Waals surface area contributed by atoms with E-state index >= 15 is 0 Å². The Morgan fingerprint density at radius 1 is 0.500 bits per heavy atom. The van der Waals surface area contributed by atoms with Crippen LogP contribution < -0.4 is 0 Å². The Balaban J connectivity index is 6.30. The quantitative estimate of drug-likeness (QED) is 0.0799.